The van der Waals surface area contributed by atoms with Crippen LogP contribution in [0.3, 0.4) is 0 Å². The van der Waals surface area contributed by atoms with Gasteiger partial charge in [-0.3, -0.25) is 4.79 Å². The first-order chi connectivity index (χ1) is 12.3. The van der Waals surface area contributed by atoms with Crippen molar-refractivity contribution in [3.63, 3.8) is 0 Å². The number of nitrogens with zero attached hydrogens (tertiary/aromatic N) is 1. The van der Waals surface area contributed by atoms with Gasteiger partial charge >= 0.3 is 6.03 Å². The van der Waals surface area contributed by atoms with Crippen LogP contribution in [0, 0.1) is 5.92 Å². The van der Waals surface area contributed by atoms with Crippen molar-refractivity contribution >= 4 is 11.9 Å². The topological polar surface area (TPSA) is 61.4 Å². The molecule has 1 aromatic rings. The zero-order chi connectivity index (χ0) is 19.2. The lowest BCUT2D eigenvalue weighted by Crippen LogP contribution is -2.51. The van der Waals surface area contributed by atoms with Crippen molar-refractivity contribution in [3.05, 3.63) is 35.9 Å². The zero-order valence-electron chi connectivity index (χ0n) is 16.5. The number of carbonyl (C=O) groups is 2. The van der Waals surface area contributed by atoms with Gasteiger partial charge in [0, 0.05) is 25.2 Å². The van der Waals surface area contributed by atoms with Gasteiger partial charge in [0.15, 0.2) is 0 Å². The monoisotopic (exact) mass is 359 g/mol. The summed E-state index contributed by atoms with van der Waals surface area (Å²) in [5, 5.41) is 6.14. The van der Waals surface area contributed by atoms with Gasteiger partial charge < -0.3 is 15.5 Å². The number of urea groups is 1. The highest BCUT2D eigenvalue weighted by Gasteiger charge is 2.26. The minimum atomic E-state index is -0.214. The molecule has 0 saturated carbocycles. The van der Waals surface area contributed by atoms with Crippen LogP contribution in [0.5, 0.6) is 0 Å². The molecular weight excluding hydrogens is 326 g/mol. The second-order valence-corrected chi connectivity index (χ2v) is 8.23. The summed E-state index contributed by atoms with van der Waals surface area (Å²) in [6.07, 6.45) is 2.65. The van der Waals surface area contributed by atoms with E-state index in [2.05, 4.69) is 10.6 Å². The van der Waals surface area contributed by atoms with Crippen LogP contribution in [-0.4, -0.2) is 42.0 Å². The highest BCUT2D eigenvalue weighted by molar-refractivity contribution is 5.83. The molecule has 1 heterocycles. The van der Waals surface area contributed by atoms with Gasteiger partial charge in [-0.2, -0.15) is 0 Å². The molecule has 0 spiro atoms. The Hall–Kier alpha value is -2.04. The van der Waals surface area contributed by atoms with Crippen LogP contribution in [0.15, 0.2) is 30.3 Å². The Morgan fingerprint density at radius 2 is 1.77 bits per heavy atom. The van der Waals surface area contributed by atoms with Crippen LogP contribution in [0.2, 0.25) is 0 Å². The molecular formula is C21H33N3O2. The molecule has 26 heavy (non-hydrogen) atoms. The second kappa shape index (κ2) is 9.06. The predicted molar refractivity (Wildman–Crippen MR) is 105 cm³/mol. The minimum absolute atomic E-state index is 0.00936. The fourth-order valence-electron chi connectivity index (χ4n) is 3.37. The Bertz CT molecular complexity index is 587. The number of hydrogen-bond donors (Lipinski definition) is 2. The van der Waals surface area contributed by atoms with Crippen molar-refractivity contribution < 1.29 is 9.59 Å². The third kappa shape index (κ3) is 6.04. The van der Waals surface area contributed by atoms with Gasteiger partial charge in [0.1, 0.15) is 0 Å². The normalized spacial score (nSPS) is 16.8. The van der Waals surface area contributed by atoms with Gasteiger partial charge in [0.05, 0.1) is 5.92 Å². The van der Waals surface area contributed by atoms with Crippen molar-refractivity contribution in [2.75, 3.05) is 19.6 Å². The molecule has 5 nitrogen and oxygen atoms in total. The van der Waals surface area contributed by atoms with Crippen LogP contribution in [0.4, 0.5) is 4.79 Å². The first-order valence-electron chi connectivity index (χ1n) is 9.70. The number of hydrogen-bond acceptors (Lipinski definition) is 2. The molecule has 5 heteroatoms. The lowest BCUT2D eigenvalue weighted by Gasteiger charge is -2.34. The van der Waals surface area contributed by atoms with Gasteiger partial charge in [-0.25, -0.2) is 4.79 Å². The van der Waals surface area contributed by atoms with E-state index in [1.54, 1.807) is 0 Å². The summed E-state index contributed by atoms with van der Waals surface area (Å²) in [4.78, 5) is 26.7. The van der Waals surface area contributed by atoms with Gasteiger partial charge in [0.2, 0.25) is 5.91 Å². The summed E-state index contributed by atoms with van der Waals surface area (Å²) in [6, 6.07) is 9.96. The maximum absolute atomic E-state index is 12.6. The number of likely N-dealkylation sites (tertiary alicyclic amines) is 1. The number of nitrogens with one attached hydrogen (secondary N) is 2. The van der Waals surface area contributed by atoms with Gasteiger partial charge in [0.25, 0.3) is 0 Å². The highest BCUT2D eigenvalue weighted by Crippen LogP contribution is 2.21. The lowest BCUT2D eigenvalue weighted by atomic mass is 9.94. The largest absolute Gasteiger partial charge is 0.355 e. The summed E-state index contributed by atoms with van der Waals surface area (Å²) < 4.78 is 0. The smallest absolute Gasteiger partial charge is 0.317 e. The fraction of sp³-hybridized carbons (Fsp3) is 0.619. The molecule has 3 amide bonds. The molecule has 2 rings (SSSR count). The first-order valence-corrected chi connectivity index (χ1v) is 9.70. The molecule has 1 unspecified atom stereocenters. The summed E-state index contributed by atoms with van der Waals surface area (Å²) in [6.45, 7) is 10.2. The van der Waals surface area contributed by atoms with E-state index in [-0.39, 0.29) is 23.4 Å². The molecule has 2 N–H and O–H groups in total. The first kappa shape index (κ1) is 20.3. The zero-order valence-corrected chi connectivity index (χ0v) is 16.5. The van der Waals surface area contributed by atoms with E-state index in [4.69, 9.17) is 0 Å². The molecule has 144 valence electrons. The minimum Gasteiger partial charge on any atom is -0.355 e. The van der Waals surface area contributed by atoms with Crippen molar-refractivity contribution in [2.45, 2.75) is 58.4 Å². The van der Waals surface area contributed by atoms with Crippen LogP contribution in [-0.2, 0) is 4.79 Å². The van der Waals surface area contributed by atoms with Crippen molar-refractivity contribution in [3.8, 4) is 0 Å². The van der Waals surface area contributed by atoms with E-state index in [1.165, 1.54) is 0 Å². The summed E-state index contributed by atoms with van der Waals surface area (Å²) in [7, 11) is 0. The summed E-state index contributed by atoms with van der Waals surface area (Å²) >= 11 is 0. The maximum atomic E-state index is 12.6. The van der Waals surface area contributed by atoms with Crippen LogP contribution < -0.4 is 10.6 Å². The van der Waals surface area contributed by atoms with Crippen molar-refractivity contribution in [2.24, 2.45) is 5.92 Å². The molecule has 1 aliphatic heterocycles. The molecule has 0 aromatic heterocycles. The van der Waals surface area contributed by atoms with Crippen LogP contribution in [0.25, 0.3) is 0 Å². The van der Waals surface area contributed by atoms with Gasteiger partial charge in [-0.15, -0.1) is 0 Å². The van der Waals surface area contributed by atoms with E-state index in [1.807, 2.05) is 62.9 Å². The van der Waals surface area contributed by atoms with Gasteiger partial charge in [-0.1, -0.05) is 37.3 Å². The molecule has 0 radical (unpaired) electrons. The van der Waals surface area contributed by atoms with E-state index in [0.29, 0.717) is 12.5 Å². The predicted octanol–water partition coefficient (Wildman–Crippen LogP) is 3.52. The third-order valence-electron chi connectivity index (χ3n) is 4.88. The molecule has 1 fully saturated rings. The molecule has 1 saturated heterocycles. The van der Waals surface area contributed by atoms with Gasteiger partial charge in [-0.05, 0) is 51.5 Å². The molecule has 0 aliphatic carbocycles. The Morgan fingerprint density at radius 3 is 2.31 bits per heavy atom. The average molecular weight is 360 g/mol. The summed E-state index contributed by atoms with van der Waals surface area (Å²) in [5.74, 6) is 0.450. The maximum Gasteiger partial charge on any atom is 0.317 e. The lowest BCUT2D eigenvalue weighted by molar-refractivity contribution is -0.122. The Balaban J connectivity index is 1.77. The third-order valence-corrected chi connectivity index (χ3v) is 4.88. The quantitative estimate of drug-likeness (QED) is 0.845. The van der Waals surface area contributed by atoms with Crippen LogP contribution >= 0.6 is 0 Å². The van der Waals surface area contributed by atoms with E-state index >= 15 is 0 Å². The molecule has 1 aromatic carbocycles. The Labute approximate surface area is 157 Å². The number of amides is 3. The van der Waals surface area contributed by atoms with E-state index in [0.717, 1.165) is 37.9 Å². The Kier molecular flexibility index (Phi) is 7.06. The fourth-order valence-corrected chi connectivity index (χ4v) is 3.37. The SMILES string of the molecule is CCC(C(=O)NCC1CCN(C(=O)NC(C)(C)C)CC1)c1ccccc1. The van der Waals surface area contributed by atoms with E-state index in [9.17, 15) is 9.59 Å². The number of piperidine rings is 1. The van der Waals surface area contributed by atoms with Crippen molar-refractivity contribution in [1.29, 1.82) is 0 Å². The number of benzene rings is 1. The summed E-state index contributed by atoms with van der Waals surface area (Å²) in [5.41, 5.74) is 0.857. The van der Waals surface area contributed by atoms with Crippen molar-refractivity contribution in [1.82, 2.24) is 15.5 Å². The molecule has 1 atom stereocenters. The standard InChI is InChI=1S/C21H33N3O2/c1-5-18(17-9-7-6-8-10-17)19(25)22-15-16-11-13-24(14-12-16)20(26)23-21(2,3)4/h6-10,16,18H,5,11-15H2,1-4H3,(H,22,25)(H,23,26). The molecule has 1 aliphatic rings. The van der Waals surface area contributed by atoms with E-state index < -0.39 is 0 Å². The highest BCUT2D eigenvalue weighted by atomic mass is 16.2. The average Bonchev–Trinajstić information content (AvgIpc) is 2.60. The second-order valence-electron chi connectivity index (χ2n) is 8.23. The van der Waals surface area contributed by atoms with Crippen LogP contribution in [0.1, 0.15) is 58.4 Å². The Morgan fingerprint density at radius 1 is 1.15 bits per heavy atom. The molecule has 0 bridgehead atoms. The number of rotatable bonds is 5. The number of carbonyl (C=O) groups excluding carboxylic acids is 2.